The van der Waals surface area contributed by atoms with Gasteiger partial charge in [-0.3, -0.25) is 4.31 Å². The number of sulfonamides is 1. The van der Waals surface area contributed by atoms with E-state index in [4.69, 9.17) is 13.9 Å². The third-order valence-electron chi connectivity index (χ3n) is 5.50. The van der Waals surface area contributed by atoms with Gasteiger partial charge in [0.25, 0.3) is 0 Å². The van der Waals surface area contributed by atoms with Crippen LogP contribution in [-0.2, 0) is 10.0 Å². The molecule has 4 aromatic rings. The van der Waals surface area contributed by atoms with Gasteiger partial charge in [-0.1, -0.05) is 0 Å². The van der Waals surface area contributed by atoms with Crippen molar-refractivity contribution in [2.75, 3.05) is 30.8 Å². The van der Waals surface area contributed by atoms with Crippen LogP contribution in [0.5, 0.6) is 17.2 Å². The molecule has 9 nitrogen and oxygen atoms in total. The van der Waals surface area contributed by atoms with Crippen LogP contribution in [0.25, 0.3) is 22.3 Å². The van der Waals surface area contributed by atoms with Gasteiger partial charge < -0.3 is 24.3 Å². The Morgan fingerprint density at radius 3 is 2.27 bits per heavy atom. The van der Waals surface area contributed by atoms with Crippen LogP contribution in [0.2, 0.25) is 0 Å². The Bertz CT molecular complexity index is 1530. The van der Waals surface area contributed by atoms with Gasteiger partial charge in [-0.25, -0.2) is 17.6 Å². The summed E-state index contributed by atoms with van der Waals surface area (Å²) in [5, 5.41) is 12.3. The molecule has 3 aromatic carbocycles. The van der Waals surface area contributed by atoms with Gasteiger partial charge in [0.2, 0.25) is 10.0 Å². The molecule has 0 aliphatic rings. The maximum atomic E-state index is 13.1. The SMILES string of the molecule is CNC(=O)Oc1c(-c2ccc(Oc3ccc(F)cc3)cc2)oc2cc(N(CCO)S(C)(=O)=O)c(C)cc12. The fourth-order valence-corrected chi connectivity index (χ4v) is 4.76. The second-order valence-corrected chi connectivity index (χ2v) is 10.1. The minimum atomic E-state index is -3.68. The standard InChI is InChI=1S/C26H25FN2O7S/c1-16-14-21-23(15-22(16)29(12-13-30)37(3,32)33)35-24(25(21)36-26(31)28-2)17-4-8-19(9-5-17)34-20-10-6-18(27)7-11-20/h4-11,14-15,30H,12-13H2,1-3H3,(H,28,31). The highest BCUT2D eigenvalue weighted by Gasteiger charge is 2.25. The highest BCUT2D eigenvalue weighted by atomic mass is 32.2. The van der Waals surface area contributed by atoms with E-state index in [2.05, 4.69) is 5.32 Å². The lowest BCUT2D eigenvalue weighted by Gasteiger charge is -2.23. The topological polar surface area (TPSA) is 118 Å². The molecule has 0 radical (unpaired) electrons. The summed E-state index contributed by atoms with van der Waals surface area (Å²) in [6.45, 7) is 1.21. The molecule has 0 aliphatic carbocycles. The zero-order valence-corrected chi connectivity index (χ0v) is 21.1. The number of aryl methyl sites for hydroxylation is 1. The molecule has 0 aliphatic heterocycles. The van der Waals surface area contributed by atoms with Crippen molar-refractivity contribution in [3.63, 3.8) is 0 Å². The molecule has 0 spiro atoms. The lowest BCUT2D eigenvalue weighted by Crippen LogP contribution is -2.33. The third-order valence-corrected chi connectivity index (χ3v) is 6.68. The van der Waals surface area contributed by atoms with Gasteiger partial charge >= 0.3 is 6.09 Å². The Hall–Kier alpha value is -4.09. The molecular formula is C26H25FN2O7S. The molecule has 4 rings (SSSR count). The van der Waals surface area contributed by atoms with Gasteiger partial charge in [0.05, 0.1) is 30.5 Å². The van der Waals surface area contributed by atoms with Crippen LogP contribution in [0, 0.1) is 12.7 Å². The van der Waals surface area contributed by atoms with E-state index in [1.54, 1.807) is 37.3 Å². The summed E-state index contributed by atoms with van der Waals surface area (Å²) < 4.78 is 56.3. The number of amides is 1. The minimum absolute atomic E-state index is 0.129. The number of aliphatic hydroxyl groups excluding tert-OH is 1. The molecule has 194 valence electrons. The number of carbonyl (C=O) groups is 1. The van der Waals surface area contributed by atoms with Crippen LogP contribution in [0.15, 0.2) is 65.1 Å². The van der Waals surface area contributed by atoms with Crippen molar-refractivity contribution in [3.8, 4) is 28.6 Å². The first-order chi connectivity index (χ1) is 17.6. The summed E-state index contributed by atoms with van der Waals surface area (Å²) in [5.74, 6) is 0.987. The highest BCUT2D eigenvalue weighted by molar-refractivity contribution is 7.92. The number of fused-ring (bicyclic) bond motifs is 1. The van der Waals surface area contributed by atoms with Crippen LogP contribution in [0.3, 0.4) is 0 Å². The molecule has 0 saturated carbocycles. The van der Waals surface area contributed by atoms with E-state index < -0.39 is 16.1 Å². The van der Waals surface area contributed by atoms with Crippen molar-refractivity contribution in [1.29, 1.82) is 0 Å². The number of benzene rings is 3. The molecule has 37 heavy (non-hydrogen) atoms. The largest absolute Gasteiger partial charge is 0.457 e. The molecule has 2 N–H and O–H groups in total. The number of hydrogen-bond donors (Lipinski definition) is 2. The van der Waals surface area contributed by atoms with Gasteiger partial charge in [0.15, 0.2) is 11.5 Å². The number of rotatable bonds is 8. The molecule has 0 bridgehead atoms. The summed E-state index contributed by atoms with van der Waals surface area (Å²) in [4.78, 5) is 12.1. The van der Waals surface area contributed by atoms with Gasteiger partial charge in [-0.15, -0.1) is 0 Å². The lowest BCUT2D eigenvalue weighted by molar-refractivity contribution is 0.203. The number of carbonyl (C=O) groups excluding carboxylic acids is 1. The van der Waals surface area contributed by atoms with Crippen LogP contribution in [0.1, 0.15) is 5.56 Å². The van der Waals surface area contributed by atoms with E-state index >= 15 is 0 Å². The smallest absolute Gasteiger partial charge is 0.412 e. The van der Waals surface area contributed by atoms with E-state index in [1.807, 2.05) is 0 Å². The number of furan rings is 1. The Labute approximate surface area is 213 Å². The number of aliphatic hydroxyl groups is 1. The number of nitrogens with one attached hydrogen (secondary N) is 1. The normalized spacial score (nSPS) is 11.4. The first kappa shape index (κ1) is 26.0. The van der Waals surface area contributed by atoms with Crippen molar-refractivity contribution in [3.05, 3.63) is 72.0 Å². The van der Waals surface area contributed by atoms with E-state index in [0.717, 1.165) is 10.6 Å². The second kappa shape index (κ2) is 10.5. The van der Waals surface area contributed by atoms with Crippen molar-refractivity contribution >= 4 is 32.8 Å². The molecule has 0 unspecified atom stereocenters. The molecule has 0 atom stereocenters. The Morgan fingerprint density at radius 2 is 1.70 bits per heavy atom. The number of hydrogen-bond acceptors (Lipinski definition) is 7. The van der Waals surface area contributed by atoms with Crippen LogP contribution < -0.4 is 19.1 Å². The van der Waals surface area contributed by atoms with Crippen molar-refractivity contribution in [2.24, 2.45) is 0 Å². The van der Waals surface area contributed by atoms with Crippen LogP contribution in [-0.4, -0.2) is 46.1 Å². The summed E-state index contributed by atoms with van der Waals surface area (Å²) in [7, 11) is -2.26. The third kappa shape index (κ3) is 5.68. The van der Waals surface area contributed by atoms with Gasteiger partial charge in [-0.05, 0) is 67.1 Å². The predicted molar refractivity (Wildman–Crippen MR) is 137 cm³/mol. The Morgan fingerprint density at radius 1 is 1.08 bits per heavy atom. The summed E-state index contributed by atoms with van der Waals surface area (Å²) in [6, 6.07) is 15.6. The Kier molecular flexibility index (Phi) is 7.37. The first-order valence-corrected chi connectivity index (χ1v) is 13.0. The highest BCUT2D eigenvalue weighted by Crippen LogP contribution is 2.43. The zero-order chi connectivity index (χ0) is 26.7. The quantitative estimate of drug-likeness (QED) is 0.337. The van der Waals surface area contributed by atoms with Gasteiger partial charge in [-0.2, -0.15) is 0 Å². The van der Waals surface area contributed by atoms with Crippen molar-refractivity contribution < 1.29 is 36.6 Å². The summed E-state index contributed by atoms with van der Waals surface area (Å²) in [5.41, 5.74) is 1.76. The molecule has 1 amide bonds. The fourth-order valence-electron chi connectivity index (χ4n) is 3.79. The number of halogens is 1. The average molecular weight is 529 g/mol. The molecule has 0 saturated heterocycles. The van der Waals surface area contributed by atoms with E-state index in [0.29, 0.717) is 33.7 Å². The van der Waals surface area contributed by atoms with Crippen LogP contribution in [0.4, 0.5) is 14.9 Å². The summed E-state index contributed by atoms with van der Waals surface area (Å²) in [6.07, 6.45) is 0.343. The van der Waals surface area contributed by atoms with Crippen LogP contribution >= 0.6 is 0 Å². The maximum Gasteiger partial charge on any atom is 0.412 e. The molecule has 11 heteroatoms. The molecule has 1 heterocycles. The molecule has 0 fully saturated rings. The number of anilines is 1. The van der Waals surface area contributed by atoms with Gasteiger partial charge in [0.1, 0.15) is 22.9 Å². The number of nitrogens with zero attached hydrogens (tertiary/aromatic N) is 1. The minimum Gasteiger partial charge on any atom is -0.457 e. The van der Waals surface area contributed by atoms with Gasteiger partial charge in [0, 0.05) is 18.7 Å². The lowest BCUT2D eigenvalue weighted by atomic mass is 10.1. The second-order valence-electron chi connectivity index (χ2n) is 8.17. The average Bonchev–Trinajstić information content (AvgIpc) is 3.20. The predicted octanol–water partition coefficient (Wildman–Crippen LogP) is 4.82. The molecule has 1 aromatic heterocycles. The summed E-state index contributed by atoms with van der Waals surface area (Å²) >= 11 is 0. The maximum absolute atomic E-state index is 13.1. The first-order valence-electron chi connectivity index (χ1n) is 11.2. The van der Waals surface area contributed by atoms with Crippen molar-refractivity contribution in [1.82, 2.24) is 5.32 Å². The zero-order valence-electron chi connectivity index (χ0n) is 20.3. The van der Waals surface area contributed by atoms with E-state index in [9.17, 15) is 22.7 Å². The number of ether oxygens (including phenoxy) is 2. The van der Waals surface area contributed by atoms with Crippen molar-refractivity contribution in [2.45, 2.75) is 6.92 Å². The van der Waals surface area contributed by atoms with E-state index in [-0.39, 0.29) is 36.1 Å². The van der Waals surface area contributed by atoms with E-state index in [1.165, 1.54) is 37.4 Å². The monoisotopic (exact) mass is 528 g/mol. The Balaban J connectivity index is 1.78. The molecular weight excluding hydrogens is 503 g/mol. The fraction of sp³-hybridized carbons (Fsp3) is 0.192.